The van der Waals surface area contributed by atoms with E-state index in [4.69, 9.17) is 10.2 Å². The molecule has 0 atom stereocenters. The largest absolute Gasteiger partial charge is 0.439 e. The van der Waals surface area contributed by atoms with E-state index in [-0.39, 0.29) is 0 Å². The fourth-order valence-electron chi connectivity index (χ4n) is 1.18. The van der Waals surface area contributed by atoms with Gasteiger partial charge < -0.3 is 10.2 Å². The average molecular weight is 189 g/mol. The van der Waals surface area contributed by atoms with Crippen LogP contribution in [0.1, 0.15) is 5.89 Å². The van der Waals surface area contributed by atoms with Gasteiger partial charge in [0.15, 0.2) is 11.7 Å². The van der Waals surface area contributed by atoms with E-state index in [9.17, 15) is 0 Å². The molecule has 2 heterocycles. The Balaban J connectivity index is 2.25. The summed E-state index contributed by atoms with van der Waals surface area (Å²) < 4.78 is 5.46. The Hall–Kier alpha value is -1.68. The zero-order valence-corrected chi connectivity index (χ0v) is 7.68. The van der Waals surface area contributed by atoms with E-state index in [0.717, 1.165) is 5.69 Å². The molecule has 2 rings (SSSR count). The monoisotopic (exact) mass is 189 g/mol. The summed E-state index contributed by atoms with van der Waals surface area (Å²) in [5.74, 6) is 1.35. The number of hydrogen-bond acceptors (Lipinski definition) is 4. The first-order chi connectivity index (χ1) is 6.90. The van der Waals surface area contributed by atoms with Crippen LogP contribution in [0, 0.1) is 0 Å². The second-order valence-corrected chi connectivity index (χ2v) is 2.87. The number of hydrogen-bond donors (Lipinski definition) is 1. The maximum atomic E-state index is 5.46. The Bertz CT molecular complexity index is 397. The van der Waals surface area contributed by atoms with E-state index >= 15 is 0 Å². The standard InChI is InChI=1S/C10H11N3O/c11-5-4-10-13-7-9(14-10)8-3-1-2-6-12-8/h1-3,6-7H,4-5,11H2. The van der Waals surface area contributed by atoms with Gasteiger partial charge in [0.25, 0.3) is 0 Å². The Kier molecular flexibility index (Phi) is 2.55. The molecule has 2 aromatic heterocycles. The van der Waals surface area contributed by atoms with Crippen LogP contribution in [0.15, 0.2) is 35.0 Å². The lowest BCUT2D eigenvalue weighted by atomic mass is 10.3. The van der Waals surface area contributed by atoms with Crippen LogP contribution in [-0.4, -0.2) is 16.5 Å². The lowest BCUT2D eigenvalue weighted by Gasteiger charge is -1.93. The molecular weight excluding hydrogens is 178 g/mol. The van der Waals surface area contributed by atoms with Crippen LogP contribution in [0.4, 0.5) is 0 Å². The van der Waals surface area contributed by atoms with Crippen molar-refractivity contribution in [1.29, 1.82) is 0 Å². The Morgan fingerprint density at radius 3 is 2.93 bits per heavy atom. The van der Waals surface area contributed by atoms with Gasteiger partial charge in [0.2, 0.25) is 0 Å². The molecule has 0 aliphatic heterocycles. The topological polar surface area (TPSA) is 64.9 Å². The summed E-state index contributed by atoms with van der Waals surface area (Å²) in [6, 6.07) is 5.65. The Morgan fingerprint density at radius 1 is 1.29 bits per heavy atom. The van der Waals surface area contributed by atoms with Gasteiger partial charge in [-0.1, -0.05) is 6.07 Å². The van der Waals surface area contributed by atoms with Crippen molar-refractivity contribution in [2.75, 3.05) is 6.54 Å². The molecule has 2 aromatic rings. The summed E-state index contributed by atoms with van der Waals surface area (Å²) in [5.41, 5.74) is 6.19. The molecule has 0 bridgehead atoms. The number of aromatic nitrogens is 2. The van der Waals surface area contributed by atoms with Crippen LogP contribution < -0.4 is 5.73 Å². The van der Waals surface area contributed by atoms with Gasteiger partial charge in [0.1, 0.15) is 5.69 Å². The normalized spacial score (nSPS) is 10.4. The van der Waals surface area contributed by atoms with Crippen LogP contribution >= 0.6 is 0 Å². The second-order valence-electron chi connectivity index (χ2n) is 2.87. The minimum absolute atomic E-state index is 0.544. The van der Waals surface area contributed by atoms with Crippen LogP contribution in [-0.2, 0) is 6.42 Å². The predicted octanol–water partition coefficient (Wildman–Crippen LogP) is 1.24. The van der Waals surface area contributed by atoms with Crippen LogP contribution in [0.5, 0.6) is 0 Å². The summed E-state index contributed by atoms with van der Waals surface area (Å²) in [4.78, 5) is 8.25. The zero-order chi connectivity index (χ0) is 9.80. The molecular formula is C10H11N3O. The number of nitrogens with two attached hydrogens (primary N) is 1. The highest BCUT2D eigenvalue weighted by molar-refractivity contribution is 5.49. The van der Waals surface area contributed by atoms with Gasteiger partial charge in [-0.15, -0.1) is 0 Å². The SMILES string of the molecule is NCCc1ncc(-c2ccccn2)o1. The first kappa shape index (κ1) is 8.90. The third-order valence-corrected chi connectivity index (χ3v) is 1.83. The van der Waals surface area contributed by atoms with Crippen LogP contribution in [0.25, 0.3) is 11.5 Å². The zero-order valence-electron chi connectivity index (χ0n) is 7.68. The molecule has 0 saturated carbocycles. The third-order valence-electron chi connectivity index (χ3n) is 1.83. The van der Waals surface area contributed by atoms with Crippen molar-refractivity contribution in [1.82, 2.24) is 9.97 Å². The van der Waals surface area contributed by atoms with Gasteiger partial charge in [-0.3, -0.25) is 4.98 Å². The average Bonchev–Trinajstić information content (AvgIpc) is 2.68. The van der Waals surface area contributed by atoms with E-state index in [1.807, 2.05) is 18.2 Å². The van der Waals surface area contributed by atoms with Crippen molar-refractivity contribution in [2.24, 2.45) is 5.73 Å². The van der Waals surface area contributed by atoms with Crippen LogP contribution in [0.3, 0.4) is 0 Å². The van der Waals surface area contributed by atoms with Crippen molar-refractivity contribution >= 4 is 0 Å². The highest BCUT2D eigenvalue weighted by Crippen LogP contribution is 2.16. The lowest BCUT2D eigenvalue weighted by molar-refractivity contribution is 0.506. The summed E-state index contributed by atoms with van der Waals surface area (Å²) in [7, 11) is 0. The molecule has 0 spiro atoms. The highest BCUT2D eigenvalue weighted by Gasteiger charge is 2.05. The fraction of sp³-hybridized carbons (Fsp3) is 0.200. The van der Waals surface area contributed by atoms with Gasteiger partial charge in [0.05, 0.1) is 6.20 Å². The van der Waals surface area contributed by atoms with Gasteiger partial charge in [0, 0.05) is 19.2 Å². The first-order valence-electron chi connectivity index (χ1n) is 4.46. The predicted molar refractivity (Wildman–Crippen MR) is 52.5 cm³/mol. The smallest absolute Gasteiger partial charge is 0.196 e. The molecule has 0 fully saturated rings. The van der Waals surface area contributed by atoms with Crippen molar-refractivity contribution in [3.05, 3.63) is 36.5 Å². The number of oxazole rings is 1. The molecule has 14 heavy (non-hydrogen) atoms. The van der Waals surface area contributed by atoms with E-state index in [1.165, 1.54) is 0 Å². The Morgan fingerprint density at radius 2 is 2.21 bits per heavy atom. The molecule has 0 saturated heterocycles. The fourth-order valence-corrected chi connectivity index (χ4v) is 1.18. The van der Waals surface area contributed by atoms with Crippen molar-refractivity contribution in [3.63, 3.8) is 0 Å². The molecule has 0 unspecified atom stereocenters. The minimum atomic E-state index is 0.544. The molecule has 4 heteroatoms. The summed E-state index contributed by atoms with van der Waals surface area (Å²) in [5, 5.41) is 0. The lowest BCUT2D eigenvalue weighted by Crippen LogP contribution is -2.02. The van der Waals surface area contributed by atoms with E-state index in [1.54, 1.807) is 12.4 Å². The van der Waals surface area contributed by atoms with Crippen LogP contribution in [0.2, 0.25) is 0 Å². The Labute approximate surface area is 81.8 Å². The highest BCUT2D eigenvalue weighted by atomic mass is 16.4. The van der Waals surface area contributed by atoms with E-state index in [0.29, 0.717) is 24.6 Å². The molecule has 0 radical (unpaired) electrons. The minimum Gasteiger partial charge on any atom is -0.439 e. The van der Waals surface area contributed by atoms with Crippen molar-refractivity contribution < 1.29 is 4.42 Å². The maximum absolute atomic E-state index is 5.46. The number of rotatable bonds is 3. The van der Waals surface area contributed by atoms with Crippen molar-refractivity contribution in [2.45, 2.75) is 6.42 Å². The number of nitrogens with zero attached hydrogens (tertiary/aromatic N) is 2. The number of pyridine rings is 1. The second kappa shape index (κ2) is 4.02. The molecule has 0 aliphatic rings. The van der Waals surface area contributed by atoms with Gasteiger partial charge in [-0.05, 0) is 12.1 Å². The quantitative estimate of drug-likeness (QED) is 0.788. The summed E-state index contributed by atoms with van der Waals surface area (Å²) in [6.07, 6.45) is 4.06. The summed E-state index contributed by atoms with van der Waals surface area (Å²) >= 11 is 0. The van der Waals surface area contributed by atoms with Gasteiger partial charge in [-0.2, -0.15) is 0 Å². The van der Waals surface area contributed by atoms with Crippen molar-refractivity contribution in [3.8, 4) is 11.5 Å². The summed E-state index contributed by atoms with van der Waals surface area (Å²) in [6.45, 7) is 0.544. The molecule has 4 nitrogen and oxygen atoms in total. The maximum Gasteiger partial charge on any atom is 0.196 e. The van der Waals surface area contributed by atoms with E-state index < -0.39 is 0 Å². The molecule has 2 N–H and O–H groups in total. The third kappa shape index (κ3) is 1.80. The first-order valence-corrected chi connectivity index (χ1v) is 4.46. The van der Waals surface area contributed by atoms with Gasteiger partial charge >= 0.3 is 0 Å². The molecule has 0 aromatic carbocycles. The van der Waals surface area contributed by atoms with E-state index in [2.05, 4.69) is 9.97 Å². The molecule has 0 aliphatic carbocycles. The van der Waals surface area contributed by atoms with Gasteiger partial charge in [-0.25, -0.2) is 4.98 Å². The molecule has 0 amide bonds. The molecule has 72 valence electrons.